The Morgan fingerprint density at radius 1 is 1.15 bits per heavy atom. The highest BCUT2D eigenvalue weighted by Crippen LogP contribution is 2.27. The molecule has 3 fully saturated rings. The summed E-state index contributed by atoms with van der Waals surface area (Å²) in [6.07, 6.45) is 4.90. The van der Waals surface area contributed by atoms with Crippen molar-refractivity contribution < 1.29 is 14.6 Å². The largest absolute Gasteiger partial charge is 0.389 e. The third-order valence-electron chi connectivity index (χ3n) is 4.58. The molecule has 0 aromatic heterocycles. The van der Waals surface area contributed by atoms with Gasteiger partial charge in [0, 0.05) is 45.4 Å². The van der Waals surface area contributed by atoms with Crippen LogP contribution in [0.25, 0.3) is 0 Å². The number of aliphatic hydroxyl groups excluding tert-OH is 1. The van der Waals surface area contributed by atoms with Crippen molar-refractivity contribution >= 4 is 0 Å². The molecule has 0 aromatic rings. The highest BCUT2D eigenvalue weighted by atomic mass is 16.5. The zero-order chi connectivity index (χ0) is 13.8. The summed E-state index contributed by atoms with van der Waals surface area (Å²) in [5.74, 6) is 0. The summed E-state index contributed by atoms with van der Waals surface area (Å²) >= 11 is 0. The minimum atomic E-state index is -0.371. The summed E-state index contributed by atoms with van der Waals surface area (Å²) in [6.45, 7) is 7.15. The molecule has 0 radical (unpaired) electrons. The van der Waals surface area contributed by atoms with Gasteiger partial charge in [-0.25, -0.2) is 0 Å². The first-order chi connectivity index (χ1) is 9.81. The van der Waals surface area contributed by atoms with Crippen LogP contribution < -0.4 is 0 Å². The zero-order valence-corrected chi connectivity index (χ0v) is 12.4. The van der Waals surface area contributed by atoms with Crippen LogP contribution in [0, 0.1) is 0 Å². The average molecular weight is 284 g/mol. The predicted octanol–water partition coefficient (Wildman–Crippen LogP) is 0.323. The van der Waals surface area contributed by atoms with Gasteiger partial charge >= 0.3 is 0 Å². The summed E-state index contributed by atoms with van der Waals surface area (Å²) in [5, 5.41) is 10.0. The fourth-order valence-corrected chi connectivity index (χ4v) is 3.21. The lowest BCUT2D eigenvalue weighted by molar-refractivity contribution is -0.0287. The van der Waals surface area contributed by atoms with E-state index in [2.05, 4.69) is 9.80 Å². The van der Waals surface area contributed by atoms with Crippen molar-refractivity contribution in [2.24, 2.45) is 0 Å². The highest BCUT2D eigenvalue weighted by Gasteiger charge is 2.31. The Morgan fingerprint density at radius 3 is 2.60 bits per heavy atom. The molecule has 3 aliphatic rings. The van der Waals surface area contributed by atoms with Crippen molar-refractivity contribution in [3.05, 3.63) is 0 Å². The van der Waals surface area contributed by atoms with Crippen LogP contribution in [0.5, 0.6) is 0 Å². The van der Waals surface area contributed by atoms with E-state index in [1.54, 1.807) is 0 Å². The topological polar surface area (TPSA) is 45.2 Å². The number of piperazine rings is 1. The van der Waals surface area contributed by atoms with Crippen molar-refractivity contribution in [3.63, 3.8) is 0 Å². The Kier molecular flexibility index (Phi) is 5.29. The van der Waals surface area contributed by atoms with Gasteiger partial charge in [-0.1, -0.05) is 0 Å². The van der Waals surface area contributed by atoms with E-state index in [9.17, 15) is 5.11 Å². The van der Waals surface area contributed by atoms with Gasteiger partial charge in [0.25, 0.3) is 0 Å². The molecule has 0 aromatic carbocycles. The molecule has 2 atom stereocenters. The molecule has 1 N–H and O–H groups in total. The minimum Gasteiger partial charge on any atom is -0.389 e. The molecule has 116 valence electrons. The van der Waals surface area contributed by atoms with E-state index in [1.807, 2.05) is 0 Å². The van der Waals surface area contributed by atoms with Crippen LogP contribution in [0.4, 0.5) is 0 Å². The van der Waals surface area contributed by atoms with Crippen LogP contribution in [-0.2, 0) is 9.47 Å². The van der Waals surface area contributed by atoms with Gasteiger partial charge in [-0.15, -0.1) is 0 Å². The van der Waals surface area contributed by atoms with E-state index >= 15 is 0 Å². The molecule has 1 aliphatic carbocycles. The van der Waals surface area contributed by atoms with E-state index in [4.69, 9.17) is 9.47 Å². The van der Waals surface area contributed by atoms with Crippen molar-refractivity contribution in [2.45, 2.75) is 43.9 Å². The normalized spacial score (nSPS) is 30.8. The van der Waals surface area contributed by atoms with Gasteiger partial charge in [-0.3, -0.25) is 9.80 Å². The molecule has 2 aliphatic heterocycles. The molecular formula is C15H28N2O3. The maximum atomic E-state index is 10.0. The second kappa shape index (κ2) is 7.18. The smallest absolute Gasteiger partial charge is 0.0900 e. The average Bonchev–Trinajstić information content (AvgIpc) is 3.17. The summed E-state index contributed by atoms with van der Waals surface area (Å²) in [5.41, 5.74) is 0. The summed E-state index contributed by atoms with van der Waals surface area (Å²) in [7, 11) is 0. The molecule has 2 unspecified atom stereocenters. The van der Waals surface area contributed by atoms with E-state index in [1.165, 1.54) is 12.8 Å². The standard InChI is InChI=1S/C15H28N2O3/c18-14(11-19-12-15-2-1-9-20-15)10-16-5-7-17(8-6-16)13-3-4-13/h13-15,18H,1-12H2. The lowest BCUT2D eigenvalue weighted by Gasteiger charge is -2.35. The number of hydrogen-bond acceptors (Lipinski definition) is 5. The van der Waals surface area contributed by atoms with Crippen LogP contribution in [0.1, 0.15) is 25.7 Å². The van der Waals surface area contributed by atoms with Gasteiger partial charge in [0.2, 0.25) is 0 Å². The van der Waals surface area contributed by atoms with Gasteiger partial charge in [0.15, 0.2) is 0 Å². The number of ether oxygens (including phenoxy) is 2. The van der Waals surface area contributed by atoms with Crippen molar-refractivity contribution in [1.29, 1.82) is 0 Å². The number of rotatable bonds is 7. The Labute approximate surface area is 121 Å². The van der Waals surface area contributed by atoms with E-state index in [-0.39, 0.29) is 12.2 Å². The maximum Gasteiger partial charge on any atom is 0.0900 e. The second-order valence-corrected chi connectivity index (χ2v) is 6.39. The summed E-state index contributed by atoms with van der Waals surface area (Å²) in [6, 6.07) is 0.872. The van der Waals surface area contributed by atoms with Crippen molar-refractivity contribution in [1.82, 2.24) is 9.80 Å². The maximum absolute atomic E-state index is 10.0. The van der Waals surface area contributed by atoms with Crippen LogP contribution in [0.2, 0.25) is 0 Å². The summed E-state index contributed by atoms with van der Waals surface area (Å²) < 4.78 is 11.1. The van der Waals surface area contributed by atoms with E-state index < -0.39 is 0 Å². The quantitative estimate of drug-likeness (QED) is 0.729. The lowest BCUT2D eigenvalue weighted by atomic mass is 10.2. The monoisotopic (exact) mass is 284 g/mol. The van der Waals surface area contributed by atoms with Gasteiger partial charge < -0.3 is 14.6 Å². The van der Waals surface area contributed by atoms with Gasteiger partial charge in [0.1, 0.15) is 0 Å². The number of nitrogens with zero attached hydrogens (tertiary/aromatic N) is 2. The van der Waals surface area contributed by atoms with Crippen LogP contribution in [0.3, 0.4) is 0 Å². The fraction of sp³-hybridized carbons (Fsp3) is 1.00. The van der Waals surface area contributed by atoms with E-state index in [0.717, 1.165) is 58.2 Å². The molecule has 0 bridgehead atoms. The zero-order valence-electron chi connectivity index (χ0n) is 12.4. The van der Waals surface area contributed by atoms with Gasteiger partial charge in [-0.2, -0.15) is 0 Å². The summed E-state index contributed by atoms with van der Waals surface area (Å²) in [4.78, 5) is 4.95. The number of aliphatic hydroxyl groups is 1. The van der Waals surface area contributed by atoms with E-state index in [0.29, 0.717) is 13.2 Å². The molecule has 2 heterocycles. The number of hydrogen-bond donors (Lipinski definition) is 1. The lowest BCUT2D eigenvalue weighted by Crippen LogP contribution is -2.49. The molecule has 2 saturated heterocycles. The van der Waals surface area contributed by atoms with Crippen LogP contribution >= 0.6 is 0 Å². The second-order valence-electron chi connectivity index (χ2n) is 6.39. The number of β-amino-alcohol motifs (C(OH)–C–C–N with tert-alkyl or cyclic N) is 1. The highest BCUT2D eigenvalue weighted by molar-refractivity contribution is 4.87. The predicted molar refractivity (Wildman–Crippen MR) is 76.8 cm³/mol. The Hall–Kier alpha value is -0.200. The van der Waals surface area contributed by atoms with Crippen molar-refractivity contribution in [2.75, 3.05) is 52.5 Å². The molecule has 20 heavy (non-hydrogen) atoms. The minimum absolute atomic E-state index is 0.254. The Balaban J connectivity index is 1.25. The SMILES string of the molecule is OC(COCC1CCCO1)CN1CCN(C2CC2)CC1. The van der Waals surface area contributed by atoms with Crippen LogP contribution in [-0.4, -0.2) is 85.7 Å². The van der Waals surface area contributed by atoms with Crippen molar-refractivity contribution in [3.8, 4) is 0 Å². The first-order valence-corrected chi connectivity index (χ1v) is 8.15. The molecular weight excluding hydrogens is 256 g/mol. The third-order valence-corrected chi connectivity index (χ3v) is 4.58. The molecule has 3 rings (SSSR count). The molecule has 0 spiro atoms. The molecule has 1 saturated carbocycles. The van der Waals surface area contributed by atoms with Gasteiger partial charge in [0.05, 0.1) is 25.4 Å². The Morgan fingerprint density at radius 2 is 1.95 bits per heavy atom. The van der Waals surface area contributed by atoms with Crippen LogP contribution in [0.15, 0.2) is 0 Å². The van der Waals surface area contributed by atoms with Gasteiger partial charge in [-0.05, 0) is 25.7 Å². The first kappa shape index (κ1) is 14.7. The molecule has 0 amide bonds. The molecule has 5 heteroatoms. The molecule has 5 nitrogen and oxygen atoms in total. The Bertz CT molecular complexity index is 285. The first-order valence-electron chi connectivity index (χ1n) is 8.15. The third kappa shape index (κ3) is 4.40. The fourth-order valence-electron chi connectivity index (χ4n) is 3.21.